The third-order valence-electron chi connectivity index (χ3n) is 2.66. The number of nitrogens with zero attached hydrogens (tertiary/aromatic N) is 1. The molecular formula is C13H10ClF2NO. The summed E-state index contributed by atoms with van der Waals surface area (Å²) >= 11 is 5.61. The Morgan fingerprint density at radius 3 is 2.56 bits per heavy atom. The van der Waals surface area contributed by atoms with Crippen molar-refractivity contribution in [2.24, 2.45) is 0 Å². The summed E-state index contributed by atoms with van der Waals surface area (Å²) in [5.41, 5.74) is 0.175. The Kier molecular flexibility index (Phi) is 3.59. The van der Waals surface area contributed by atoms with Crippen LogP contribution in [0.5, 0.6) is 0 Å². The van der Waals surface area contributed by atoms with Crippen molar-refractivity contribution < 1.29 is 13.9 Å². The van der Waals surface area contributed by atoms with Crippen LogP contribution >= 0.6 is 11.6 Å². The zero-order chi connectivity index (χ0) is 13.3. The zero-order valence-electron chi connectivity index (χ0n) is 9.49. The number of aryl methyl sites for hydroxylation is 1. The minimum Gasteiger partial charge on any atom is -0.383 e. The fourth-order valence-electron chi connectivity index (χ4n) is 1.64. The van der Waals surface area contributed by atoms with Gasteiger partial charge in [-0.15, -0.1) is 0 Å². The summed E-state index contributed by atoms with van der Waals surface area (Å²) in [4.78, 5) is 3.77. The van der Waals surface area contributed by atoms with Crippen molar-refractivity contribution in [1.82, 2.24) is 4.98 Å². The van der Waals surface area contributed by atoms with Crippen LogP contribution in [0.15, 0.2) is 30.5 Å². The van der Waals surface area contributed by atoms with Gasteiger partial charge in [0.2, 0.25) is 0 Å². The van der Waals surface area contributed by atoms with Gasteiger partial charge in [0.05, 0.1) is 5.56 Å². The number of aliphatic hydroxyl groups excluding tert-OH is 1. The first-order valence-corrected chi connectivity index (χ1v) is 5.62. The number of halogens is 3. The topological polar surface area (TPSA) is 33.1 Å². The van der Waals surface area contributed by atoms with Crippen molar-refractivity contribution in [3.8, 4) is 0 Å². The molecule has 2 nitrogen and oxygen atoms in total. The summed E-state index contributed by atoms with van der Waals surface area (Å²) in [5.74, 6) is -1.54. The molecular weight excluding hydrogens is 260 g/mol. The van der Waals surface area contributed by atoms with Gasteiger partial charge in [-0.05, 0) is 24.6 Å². The number of hydrogen-bond donors (Lipinski definition) is 1. The maximum Gasteiger partial charge on any atom is 0.135 e. The molecule has 5 heteroatoms. The highest BCUT2D eigenvalue weighted by atomic mass is 35.5. The van der Waals surface area contributed by atoms with Gasteiger partial charge in [0.1, 0.15) is 22.9 Å². The molecule has 94 valence electrons. The quantitative estimate of drug-likeness (QED) is 0.848. The smallest absolute Gasteiger partial charge is 0.135 e. The highest BCUT2D eigenvalue weighted by Gasteiger charge is 2.21. The van der Waals surface area contributed by atoms with Crippen LogP contribution in [0.25, 0.3) is 0 Å². The van der Waals surface area contributed by atoms with Gasteiger partial charge in [-0.3, -0.25) is 0 Å². The van der Waals surface area contributed by atoms with Crippen molar-refractivity contribution >= 4 is 11.6 Å². The predicted octanol–water partition coefficient (Wildman–Crippen LogP) is 3.40. The van der Waals surface area contributed by atoms with Gasteiger partial charge < -0.3 is 5.11 Å². The molecule has 2 aromatic rings. The minimum absolute atomic E-state index is 0.246. The van der Waals surface area contributed by atoms with Gasteiger partial charge in [-0.2, -0.15) is 0 Å². The Labute approximate surface area is 108 Å². The number of aromatic nitrogens is 1. The summed E-state index contributed by atoms with van der Waals surface area (Å²) in [6, 6.07) is 5.37. The van der Waals surface area contributed by atoms with Crippen molar-refractivity contribution in [1.29, 1.82) is 0 Å². The Hall–Kier alpha value is -1.52. The first kappa shape index (κ1) is 12.9. The van der Waals surface area contributed by atoms with E-state index < -0.39 is 17.7 Å². The standard InChI is InChI=1S/C13H10ClF2NO/c1-7-2-4-9(15)11(12(7)16)13(18)8-3-5-10(14)17-6-8/h2-6,13,18H,1H3. The van der Waals surface area contributed by atoms with Gasteiger partial charge in [-0.1, -0.05) is 23.7 Å². The normalized spacial score (nSPS) is 12.5. The largest absolute Gasteiger partial charge is 0.383 e. The molecule has 0 amide bonds. The lowest BCUT2D eigenvalue weighted by atomic mass is 10.00. The highest BCUT2D eigenvalue weighted by molar-refractivity contribution is 6.29. The average molecular weight is 270 g/mol. The SMILES string of the molecule is Cc1ccc(F)c(C(O)c2ccc(Cl)nc2)c1F. The first-order valence-electron chi connectivity index (χ1n) is 5.24. The molecule has 18 heavy (non-hydrogen) atoms. The van der Waals surface area contributed by atoms with Gasteiger partial charge in [0, 0.05) is 11.8 Å². The van der Waals surface area contributed by atoms with Crippen LogP contribution in [0.3, 0.4) is 0 Å². The molecule has 1 unspecified atom stereocenters. The lowest BCUT2D eigenvalue weighted by Crippen LogP contribution is -2.07. The van der Waals surface area contributed by atoms with E-state index in [1.807, 2.05) is 0 Å². The molecule has 1 aromatic heterocycles. The van der Waals surface area contributed by atoms with E-state index in [9.17, 15) is 13.9 Å². The number of hydrogen-bond acceptors (Lipinski definition) is 2. The molecule has 1 heterocycles. The summed E-state index contributed by atoms with van der Waals surface area (Å²) in [5, 5.41) is 10.3. The predicted molar refractivity (Wildman–Crippen MR) is 64.4 cm³/mol. The number of aliphatic hydroxyl groups is 1. The molecule has 0 aliphatic rings. The lowest BCUT2D eigenvalue weighted by Gasteiger charge is -2.14. The fourth-order valence-corrected chi connectivity index (χ4v) is 1.76. The van der Waals surface area contributed by atoms with Gasteiger partial charge >= 0.3 is 0 Å². The number of benzene rings is 1. The molecule has 0 aliphatic heterocycles. The van der Waals surface area contributed by atoms with Gasteiger partial charge in [0.25, 0.3) is 0 Å². The zero-order valence-corrected chi connectivity index (χ0v) is 10.2. The van der Waals surface area contributed by atoms with Crippen molar-refractivity contribution in [2.45, 2.75) is 13.0 Å². The minimum atomic E-state index is -1.41. The van der Waals surface area contributed by atoms with Crippen LogP contribution in [0.4, 0.5) is 8.78 Å². The van der Waals surface area contributed by atoms with Crippen LogP contribution in [-0.2, 0) is 0 Å². The van der Waals surface area contributed by atoms with E-state index in [1.165, 1.54) is 31.3 Å². The second-order valence-corrected chi connectivity index (χ2v) is 4.30. The Bertz CT molecular complexity index is 572. The Balaban J connectivity index is 2.49. The van der Waals surface area contributed by atoms with E-state index in [1.54, 1.807) is 0 Å². The Morgan fingerprint density at radius 2 is 1.94 bits per heavy atom. The van der Waals surface area contributed by atoms with Crippen molar-refractivity contribution in [3.63, 3.8) is 0 Å². The van der Waals surface area contributed by atoms with E-state index in [2.05, 4.69) is 4.98 Å². The Morgan fingerprint density at radius 1 is 1.22 bits per heavy atom. The molecule has 0 radical (unpaired) electrons. The van der Waals surface area contributed by atoms with Crippen LogP contribution in [0, 0.1) is 18.6 Å². The average Bonchev–Trinajstić information content (AvgIpc) is 2.35. The molecule has 0 saturated heterocycles. The second kappa shape index (κ2) is 5.00. The summed E-state index contributed by atoms with van der Waals surface area (Å²) in [7, 11) is 0. The van der Waals surface area contributed by atoms with E-state index >= 15 is 0 Å². The first-order chi connectivity index (χ1) is 8.50. The summed E-state index contributed by atoms with van der Waals surface area (Å²) in [6.45, 7) is 1.51. The van der Waals surface area contributed by atoms with E-state index in [0.717, 1.165) is 6.07 Å². The second-order valence-electron chi connectivity index (χ2n) is 3.91. The maximum atomic E-state index is 13.8. The molecule has 2 rings (SSSR count). The third kappa shape index (κ3) is 2.35. The van der Waals surface area contributed by atoms with Crippen molar-refractivity contribution in [2.75, 3.05) is 0 Å². The third-order valence-corrected chi connectivity index (χ3v) is 2.88. The molecule has 1 N–H and O–H groups in total. The molecule has 0 aliphatic carbocycles. The number of rotatable bonds is 2. The molecule has 1 aromatic carbocycles. The molecule has 0 fully saturated rings. The number of pyridine rings is 1. The lowest BCUT2D eigenvalue weighted by molar-refractivity contribution is 0.208. The van der Waals surface area contributed by atoms with E-state index in [4.69, 9.17) is 11.6 Å². The summed E-state index contributed by atoms with van der Waals surface area (Å²) < 4.78 is 27.4. The highest BCUT2D eigenvalue weighted by Crippen LogP contribution is 2.28. The molecule has 0 spiro atoms. The monoisotopic (exact) mass is 269 g/mol. The fraction of sp³-hybridized carbons (Fsp3) is 0.154. The molecule has 1 atom stereocenters. The van der Waals surface area contributed by atoms with Crippen LogP contribution < -0.4 is 0 Å². The molecule has 0 saturated carbocycles. The van der Waals surface area contributed by atoms with Crippen molar-refractivity contribution in [3.05, 3.63) is 63.9 Å². The maximum absolute atomic E-state index is 13.8. The van der Waals surface area contributed by atoms with Crippen LogP contribution in [0.1, 0.15) is 22.8 Å². The molecule has 0 bridgehead atoms. The van der Waals surface area contributed by atoms with E-state index in [0.29, 0.717) is 0 Å². The van der Waals surface area contributed by atoms with E-state index in [-0.39, 0.29) is 21.8 Å². The van der Waals surface area contributed by atoms with Crippen LogP contribution in [-0.4, -0.2) is 10.1 Å². The van der Waals surface area contributed by atoms with Gasteiger partial charge in [0.15, 0.2) is 0 Å². The van der Waals surface area contributed by atoms with Crippen LogP contribution in [0.2, 0.25) is 5.15 Å². The van der Waals surface area contributed by atoms with Gasteiger partial charge in [-0.25, -0.2) is 13.8 Å². The summed E-state index contributed by atoms with van der Waals surface area (Å²) in [6.07, 6.45) is -0.122.